The van der Waals surface area contributed by atoms with E-state index in [9.17, 15) is 8.78 Å². The lowest BCUT2D eigenvalue weighted by atomic mass is 10.1. The highest BCUT2D eigenvalue weighted by atomic mass is 19.1. The zero-order chi connectivity index (χ0) is 13.1. The van der Waals surface area contributed by atoms with Crippen LogP contribution in [-0.2, 0) is 0 Å². The van der Waals surface area contributed by atoms with Crippen LogP contribution >= 0.6 is 0 Å². The third kappa shape index (κ3) is 2.67. The van der Waals surface area contributed by atoms with Crippen molar-refractivity contribution in [3.63, 3.8) is 0 Å². The lowest BCUT2D eigenvalue weighted by Gasteiger charge is -2.18. The van der Waals surface area contributed by atoms with Gasteiger partial charge in [0.05, 0.1) is 6.04 Å². The molecule has 94 valence electrons. The second-order valence-electron chi connectivity index (χ2n) is 4.35. The molecule has 0 amide bonds. The van der Waals surface area contributed by atoms with Crippen LogP contribution in [0, 0.1) is 18.6 Å². The summed E-state index contributed by atoms with van der Waals surface area (Å²) >= 11 is 0. The fourth-order valence-corrected chi connectivity index (χ4v) is 1.90. The van der Waals surface area contributed by atoms with Crippen LogP contribution in [0.3, 0.4) is 0 Å². The molecule has 0 radical (unpaired) electrons. The molecule has 2 rings (SSSR count). The normalized spacial score (nSPS) is 12.2. The van der Waals surface area contributed by atoms with Crippen LogP contribution in [0.4, 0.5) is 14.5 Å². The lowest BCUT2D eigenvalue weighted by Crippen LogP contribution is -2.09. The monoisotopic (exact) mass is 247 g/mol. The highest BCUT2D eigenvalue weighted by molar-refractivity contribution is 5.51. The van der Waals surface area contributed by atoms with E-state index in [2.05, 4.69) is 5.32 Å². The Bertz CT molecular complexity index is 552. The van der Waals surface area contributed by atoms with Crippen molar-refractivity contribution in [1.29, 1.82) is 0 Å². The van der Waals surface area contributed by atoms with Crippen LogP contribution in [0.15, 0.2) is 42.5 Å². The van der Waals surface area contributed by atoms with Gasteiger partial charge in [-0.3, -0.25) is 0 Å². The van der Waals surface area contributed by atoms with Gasteiger partial charge in [-0.1, -0.05) is 24.3 Å². The van der Waals surface area contributed by atoms with Crippen molar-refractivity contribution in [3.05, 3.63) is 65.2 Å². The first-order valence-electron chi connectivity index (χ1n) is 5.85. The average molecular weight is 247 g/mol. The molecule has 18 heavy (non-hydrogen) atoms. The van der Waals surface area contributed by atoms with Crippen LogP contribution in [0.1, 0.15) is 24.1 Å². The Balaban J connectivity index is 2.22. The number of anilines is 1. The molecule has 1 atom stereocenters. The maximum absolute atomic E-state index is 13.6. The highest BCUT2D eigenvalue weighted by Crippen LogP contribution is 2.24. The topological polar surface area (TPSA) is 12.0 Å². The summed E-state index contributed by atoms with van der Waals surface area (Å²) < 4.78 is 26.5. The van der Waals surface area contributed by atoms with E-state index < -0.39 is 11.6 Å². The Morgan fingerprint density at radius 2 is 1.78 bits per heavy atom. The molecule has 0 fully saturated rings. The fraction of sp³-hybridized carbons (Fsp3) is 0.200. The summed E-state index contributed by atoms with van der Waals surface area (Å²) in [5.41, 5.74) is 2.50. The molecule has 0 aliphatic carbocycles. The first-order chi connectivity index (χ1) is 8.58. The van der Waals surface area contributed by atoms with Crippen molar-refractivity contribution < 1.29 is 8.78 Å². The van der Waals surface area contributed by atoms with Crippen LogP contribution in [0.5, 0.6) is 0 Å². The minimum absolute atomic E-state index is 0.216. The molecule has 0 saturated carbocycles. The molecule has 0 aromatic heterocycles. The highest BCUT2D eigenvalue weighted by Gasteiger charge is 2.12. The molecule has 0 bridgehead atoms. The van der Waals surface area contributed by atoms with Crippen LogP contribution in [0.25, 0.3) is 0 Å². The average Bonchev–Trinajstić information content (AvgIpc) is 2.32. The number of hydrogen-bond donors (Lipinski definition) is 1. The van der Waals surface area contributed by atoms with Gasteiger partial charge in [-0.25, -0.2) is 8.78 Å². The summed E-state index contributed by atoms with van der Waals surface area (Å²) in [6, 6.07) is 11.2. The summed E-state index contributed by atoms with van der Waals surface area (Å²) in [6.45, 7) is 3.83. The van der Waals surface area contributed by atoms with Crippen molar-refractivity contribution in [2.24, 2.45) is 0 Å². The first kappa shape index (κ1) is 12.6. The number of para-hydroxylation sites is 1. The molecular weight excluding hydrogens is 232 g/mol. The maximum Gasteiger partial charge on any atom is 0.131 e. The summed E-state index contributed by atoms with van der Waals surface area (Å²) in [6.07, 6.45) is 0. The van der Waals surface area contributed by atoms with E-state index in [0.29, 0.717) is 5.56 Å². The van der Waals surface area contributed by atoms with Gasteiger partial charge < -0.3 is 5.32 Å². The van der Waals surface area contributed by atoms with Crippen molar-refractivity contribution >= 4 is 5.69 Å². The summed E-state index contributed by atoms with van der Waals surface area (Å²) in [4.78, 5) is 0. The number of aryl methyl sites for hydroxylation is 1. The number of hydrogen-bond acceptors (Lipinski definition) is 1. The van der Waals surface area contributed by atoms with E-state index in [-0.39, 0.29) is 6.04 Å². The third-order valence-corrected chi connectivity index (χ3v) is 2.95. The van der Waals surface area contributed by atoms with E-state index in [1.807, 2.05) is 38.1 Å². The van der Waals surface area contributed by atoms with Crippen molar-refractivity contribution in [3.8, 4) is 0 Å². The summed E-state index contributed by atoms with van der Waals surface area (Å²) in [5.74, 6) is -1.08. The SMILES string of the molecule is Cc1ccccc1NC(C)c1ccc(F)cc1F. The van der Waals surface area contributed by atoms with Gasteiger partial charge in [0.2, 0.25) is 0 Å². The predicted molar refractivity (Wildman–Crippen MR) is 69.6 cm³/mol. The molecule has 0 spiro atoms. The van der Waals surface area contributed by atoms with Gasteiger partial charge in [0, 0.05) is 17.3 Å². The van der Waals surface area contributed by atoms with Crippen molar-refractivity contribution in [2.45, 2.75) is 19.9 Å². The minimum Gasteiger partial charge on any atom is -0.378 e. The number of halogens is 2. The maximum atomic E-state index is 13.6. The van der Waals surface area contributed by atoms with Crippen LogP contribution in [0.2, 0.25) is 0 Å². The van der Waals surface area contributed by atoms with Crippen molar-refractivity contribution in [2.75, 3.05) is 5.32 Å². The molecule has 0 saturated heterocycles. The van der Waals surface area contributed by atoms with Gasteiger partial charge in [-0.2, -0.15) is 0 Å². The molecular formula is C15H15F2N. The molecule has 0 aliphatic heterocycles. The molecule has 1 N–H and O–H groups in total. The van der Waals surface area contributed by atoms with Gasteiger partial charge in [-0.05, 0) is 31.5 Å². The van der Waals surface area contributed by atoms with E-state index in [1.165, 1.54) is 12.1 Å². The van der Waals surface area contributed by atoms with Gasteiger partial charge in [0.25, 0.3) is 0 Å². The zero-order valence-corrected chi connectivity index (χ0v) is 10.4. The van der Waals surface area contributed by atoms with Crippen LogP contribution in [-0.4, -0.2) is 0 Å². The molecule has 0 aliphatic rings. The minimum atomic E-state index is -0.556. The Labute approximate surface area is 105 Å². The zero-order valence-electron chi connectivity index (χ0n) is 10.4. The van der Waals surface area contributed by atoms with Gasteiger partial charge >= 0.3 is 0 Å². The molecule has 3 heteroatoms. The lowest BCUT2D eigenvalue weighted by molar-refractivity contribution is 0.566. The Hall–Kier alpha value is -1.90. The summed E-state index contributed by atoms with van der Waals surface area (Å²) in [5, 5.41) is 3.22. The molecule has 2 aromatic carbocycles. The molecule has 2 aromatic rings. The standard InChI is InChI=1S/C15H15F2N/c1-10-5-3-4-6-15(10)18-11(2)13-8-7-12(16)9-14(13)17/h3-9,11,18H,1-2H3. The quantitative estimate of drug-likeness (QED) is 0.845. The third-order valence-electron chi connectivity index (χ3n) is 2.95. The number of nitrogens with one attached hydrogen (secondary N) is 1. The van der Waals surface area contributed by atoms with Crippen molar-refractivity contribution in [1.82, 2.24) is 0 Å². The Morgan fingerprint density at radius 3 is 2.44 bits per heavy atom. The van der Waals surface area contributed by atoms with E-state index in [0.717, 1.165) is 17.3 Å². The van der Waals surface area contributed by atoms with Gasteiger partial charge in [0.1, 0.15) is 11.6 Å². The Morgan fingerprint density at radius 1 is 1.06 bits per heavy atom. The smallest absolute Gasteiger partial charge is 0.131 e. The summed E-state index contributed by atoms with van der Waals surface area (Å²) in [7, 11) is 0. The second kappa shape index (κ2) is 5.17. The second-order valence-corrected chi connectivity index (χ2v) is 4.35. The van der Waals surface area contributed by atoms with Gasteiger partial charge in [0.15, 0.2) is 0 Å². The largest absolute Gasteiger partial charge is 0.378 e. The number of benzene rings is 2. The van der Waals surface area contributed by atoms with Crippen LogP contribution < -0.4 is 5.32 Å². The van der Waals surface area contributed by atoms with Gasteiger partial charge in [-0.15, -0.1) is 0 Å². The fourth-order valence-electron chi connectivity index (χ4n) is 1.90. The van der Waals surface area contributed by atoms with E-state index >= 15 is 0 Å². The molecule has 1 nitrogen and oxygen atoms in total. The predicted octanol–water partition coefficient (Wildman–Crippen LogP) is 4.45. The Kier molecular flexibility index (Phi) is 3.60. The molecule has 0 heterocycles. The van der Waals surface area contributed by atoms with E-state index in [1.54, 1.807) is 0 Å². The van der Waals surface area contributed by atoms with E-state index in [4.69, 9.17) is 0 Å². The number of rotatable bonds is 3. The first-order valence-corrected chi connectivity index (χ1v) is 5.85. The molecule has 1 unspecified atom stereocenters.